The second-order valence-corrected chi connectivity index (χ2v) is 5.61. The summed E-state index contributed by atoms with van der Waals surface area (Å²) < 4.78 is 0. The number of amides is 1. The molecule has 1 aliphatic rings. The van der Waals surface area contributed by atoms with Gasteiger partial charge in [0, 0.05) is 18.3 Å². The van der Waals surface area contributed by atoms with Crippen molar-refractivity contribution in [3.63, 3.8) is 0 Å². The van der Waals surface area contributed by atoms with Gasteiger partial charge in [-0.3, -0.25) is 15.3 Å². The minimum Gasteiger partial charge on any atom is -0.322 e. The van der Waals surface area contributed by atoms with Gasteiger partial charge >= 0.3 is 0 Å². The van der Waals surface area contributed by atoms with E-state index in [9.17, 15) is 9.59 Å². The predicted octanol–water partition coefficient (Wildman–Crippen LogP) is 0.824. The van der Waals surface area contributed by atoms with Crippen molar-refractivity contribution in [3.8, 4) is 0 Å². The van der Waals surface area contributed by atoms with Gasteiger partial charge in [0.05, 0.1) is 11.7 Å². The topological polar surface area (TPSA) is 102 Å². The van der Waals surface area contributed by atoms with Crippen molar-refractivity contribution in [3.05, 3.63) is 29.8 Å². The molecule has 1 heterocycles. The van der Waals surface area contributed by atoms with E-state index in [4.69, 9.17) is 11.5 Å². The second-order valence-electron chi connectivity index (χ2n) is 5.61. The van der Waals surface area contributed by atoms with Crippen LogP contribution in [0.3, 0.4) is 0 Å². The number of benzene rings is 1. The van der Waals surface area contributed by atoms with Crippen LogP contribution in [0.1, 0.15) is 32.3 Å². The summed E-state index contributed by atoms with van der Waals surface area (Å²) in [5.74, 6) is -1.14. The van der Waals surface area contributed by atoms with Crippen LogP contribution in [0.25, 0.3) is 0 Å². The average Bonchev–Trinajstić information content (AvgIpc) is 2.58. The van der Waals surface area contributed by atoms with Crippen molar-refractivity contribution >= 4 is 23.1 Å². The summed E-state index contributed by atoms with van der Waals surface area (Å²) in [4.78, 5) is 30.9. The third-order valence-electron chi connectivity index (χ3n) is 3.79. The van der Waals surface area contributed by atoms with E-state index in [0.29, 0.717) is 17.8 Å². The largest absolute Gasteiger partial charge is 0.322 e. The summed E-state index contributed by atoms with van der Waals surface area (Å²) in [6, 6.07) is 6.55. The van der Waals surface area contributed by atoms with Crippen molar-refractivity contribution in [1.29, 1.82) is 0 Å². The number of anilines is 1. The van der Waals surface area contributed by atoms with Gasteiger partial charge < -0.3 is 10.6 Å². The fourth-order valence-electron chi connectivity index (χ4n) is 2.63. The zero-order valence-electron chi connectivity index (χ0n) is 13.2. The van der Waals surface area contributed by atoms with E-state index in [0.717, 1.165) is 12.0 Å². The van der Waals surface area contributed by atoms with Gasteiger partial charge in [0.15, 0.2) is 0 Å². The van der Waals surface area contributed by atoms with Gasteiger partial charge in [0.25, 0.3) is 5.91 Å². The Morgan fingerprint density at radius 1 is 1.41 bits per heavy atom. The average molecular weight is 302 g/mol. The lowest BCUT2D eigenvalue weighted by atomic mass is 9.99. The van der Waals surface area contributed by atoms with Crippen LogP contribution in [-0.2, 0) is 9.59 Å². The number of fused-ring (bicyclic) bond motifs is 1. The number of Topliss-reactive ketones (excluding diaryl/α,β-unsaturated/α-hetero) is 1. The fraction of sp³-hybridized carbons (Fsp3) is 0.438. The monoisotopic (exact) mass is 302 g/mol. The Balaban J connectivity index is 2.68. The van der Waals surface area contributed by atoms with Gasteiger partial charge in [-0.25, -0.2) is 4.99 Å². The normalized spacial score (nSPS) is 22.7. The molecule has 2 atom stereocenters. The zero-order chi connectivity index (χ0) is 16.5. The number of hydrogen-bond donors (Lipinski definition) is 2. The maximum Gasteiger partial charge on any atom is 0.277 e. The highest BCUT2D eigenvalue weighted by Gasteiger charge is 2.47. The molecule has 118 valence electrons. The molecule has 6 nitrogen and oxygen atoms in total. The predicted molar refractivity (Wildman–Crippen MR) is 86.9 cm³/mol. The molecule has 0 bridgehead atoms. The van der Waals surface area contributed by atoms with E-state index in [1.165, 1.54) is 11.8 Å². The molecule has 4 N–H and O–H groups in total. The number of likely N-dealkylation sites (N-methyl/N-ethyl adjacent to an activating group) is 1. The molecule has 1 aromatic carbocycles. The third kappa shape index (κ3) is 2.55. The highest BCUT2D eigenvalue weighted by Crippen LogP contribution is 2.29. The van der Waals surface area contributed by atoms with Crippen LogP contribution in [0.15, 0.2) is 29.3 Å². The van der Waals surface area contributed by atoms with E-state index in [1.54, 1.807) is 7.05 Å². The van der Waals surface area contributed by atoms with Gasteiger partial charge in [0.2, 0.25) is 11.4 Å². The lowest BCUT2D eigenvalue weighted by molar-refractivity contribution is -0.134. The molecule has 1 aromatic rings. The molecule has 2 rings (SSSR count). The van der Waals surface area contributed by atoms with E-state index >= 15 is 0 Å². The number of benzodiazepines with no additional fused rings is 1. The Kier molecular flexibility index (Phi) is 4.44. The van der Waals surface area contributed by atoms with Crippen LogP contribution in [0.5, 0.6) is 0 Å². The van der Waals surface area contributed by atoms with Gasteiger partial charge in [-0.1, -0.05) is 31.5 Å². The van der Waals surface area contributed by atoms with Gasteiger partial charge in [-0.2, -0.15) is 0 Å². The lowest BCUT2D eigenvalue weighted by Crippen LogP contribution is -2.62. The zero-order valence-corrected chi connectivity index (χ0v) is 13.2. The van der Waals surface area contributed by atoms with E-state index in [2.05, 4.69) is 4.99 Å². The maximum atomic E-state index is 12.7. The number of carbonyl (C=O) groups excluding carboxylic acids is 2. The number of carbonyl (C=O) groups is 2. The first-order valence-electron chi connectivity index (χ1n) is 7.38. The minimum atomic E-state index is -1.97. The molecular weight excluding hydrogens is 280 g/mol. The number of ketones is 1. The smallest absolute Gasteiger partial charge is 0.277 e. The molecule has 0 radical (unpaired) electrons. The molecule has 0 aliphatic carbocycles. The SMILES string of the molecule is CCCC1=NC(N)(C(=O)[C@H](C)N)C(=O)N(C)c2ccccc21. The Hall–Kier alpha value is -2.05. The molecule has 1 amide bonds. The highest BCUT2D eigenvalue weighted by molar-refractivity contribution is 6.22. The molecule has 0 saturated heterocycles. The molecule has 0 saturated carbocycles. The maximum absolute atomic E-state index is 12.7. The van der Waals surface area contributed by atoms with Gasteiger partial charge in [-0.15, -0.1) is 0 Å². The summed E-state index contributed by atoms with van der Waals surface area (Å²) in [6.07, 6.45) is 1.46. The van der Waals surface area contributed by atoms with Crippen LogP contribution in [-0.4, -0.2) is 36.2 Å². The Morgan fingerprint density at radius 3 is 2.64 bits per heavy atom. The number of para-hydroxylation sites is 1. The Bertz CT molecular complexity index is 639. The van der Waals surface area contributed by atoms with Gasteiger partial charge in [-0.05, 0) is 19.4 Å². The summed E-state index contributed by atoms with van der Waals surface area (Å²) in [5, 5.41) is 0. The highest BCUT2D eigenvalue weighted by atomic mass is 16.2. The minimum absolute atomic E-state index is 0.562. The summed E-state index contributed by atoms with van der Waals surface area (Å²) in [5.41, 5.74) is 12.0. The second kappa shape index (κ2) is 5.98. The molecule has 0 aromatic heterocycles. The molecule has 22 heavy (non-hydrogen) atoms. The van der Waals surface area contributed by atoms with Crippen LogP contribution < -0.4 is 16.4 Å². The lowest BCUT2D eigenvalue weighted by Gasteiger charge is -2.27. The number of rotatable bonds is 4. The molecule has 0 spiro atoms. The molecule has 0 fully saturated rings. The van der Waals surface area contributed by atoms with Crippen molar-refractivity contribution < 1.29 is 9.59 Å². The molecular formula is C16H22N4O2. The number of nitrogens with zero attached hydrogens (tertiary/aromatic N) is 2. The van der Waals surface area contributed by atoms with Crippen LogP contribution in [0.4, 0.5) is 5.69 Å². The third-order valence-corrected chi connectivity index (χ3v) is 3.79. The van der Waals surface area contributed by atoms with E-state index < -0.39 is 23.4 Å². The molecule has 6 heteroatoms. The number of aliphatic imine (C=N–C) groups is 1. The first-order valence-corrected chi connectivity index (χ1v) is 7.38. The first-order chi connectivity index (χ1) is 10.3. The Morgan fingerprint density at radius 2 is 2.05 bits per heavy atom. The van der Waals surface area contributed by atoms with Crippen LogP contribution in [0, 0.1) is 0 Å². The van der Waals surface area contributed by atoms with E-state index in [1.807, 2.05) is 31.2 Å². The Labute approximate surface area is 130 Å². The van der Waals surface area contributed by atoms with Crippen molar-refractivity contribution in [1.82, 2.24) is 0 Å². The number of nitrogens with two attached hydrogens (primary N) is 2. The van der Waals surface area contributed by atoms with Crippen molar-refractivity contribution in [2.24, 2.45) is 16.5 Å². The number of hydrogen-bond acceptors (Lipinski definition) is 5. The fourth-order valence-corrected chi connectivity index (χ4v) is 2.63. The summed E-state index contributed by atoms with van der Waals surface area (Å²) in [6.45, 7) is 3.52. The molecule has 1 unspecified atom stereocenters. The van der Waals surface area contributed by atoms with Crippen molar-refractivity contribution in [2.45, 2.75) is 38.4 Å². The first kappa shape index (κ1) is 16.3. The van der Waals surface area contributed by atoms with Crippen molar-refractivity contribution in [2.75, 3.05) is 11.9 Å². The molecule has 1 aliphatic heterocycles. The van der Waals surface area contributed by atoms with Gasteiger partial charge in [0.1, 0.15) is 0 Å². The standard InChI is InChI=1S/C16H22N4O2/c1-4-7-12-11-8-5-6-9-13(11)20(3)15(22)16(18,19-12)14(21)10(2)17/h5-6,8-10H,4,7,17-18H2,1-3H3/t10-,16?/m0/s1. The van der Waals surface area contributed by atoms with E-state index in [-0.39, 0.29) is 0 Å². The van der Waals surface area contributed by atoms with Crippen LogP contribution >= 0.6 is 0 Å². The summed E-state index contributed by atoms with van der Waals surface area (Å²) in [7, 11) is 1.60. The van der Waals surface area contributed by atoms with Crippen LogP contribution in [0.2, 0.25) is 0 Å². The summed E-state index contributed by atoms with van der Waals surface area (Å²) >= 11 is 0. The quantitative estimate of drug-likeness (QED) is 0.804.